The fraction of sp³-hybridized carbons (Fsp3) is 0.222. The SMILES string of the molecule is Cc1[nH]cc2c(=O)n(-c3ccc(Cl)cc3)nc-2c1CNCc1ncnn1C. The summed E-state index contributed by atoms with van der Waals surface area (Å²) in [6.45, 7) is 3.07. The van der Waals surface area contributed by atoms with Crippen LogP contribution >= 0.6 is 11.6 Å². The molecule has 2 aliphatic rings. The Morgan fingerprint density at radius 1 is 1.22 bits per heavy atom. The van der Waals surface area contributed by atoms with E-state index >= 15 is 0 Å². The first-order valence-electron chi connectivity index (χ1n) is 8.44. The number of benzene rings is 1. The van der Waals surface area contributed by atoms with Crippen molar-refractivity contribution in [3.8, 4) is 16.9 Å². The number of aromatic nitrogens is 6. The molecule has 3 heterocycles. The van der Waals surface area contributed by atoms with Crippen LogP contribution in [-0.2, 0) is 20.1 Å². The molecular weight excluding hydrogens is 366 g/mol. The van der Waals surface area contributed by atoms with Gasteiger partial charge in [-0.1, -0.05) is 11.6 Å². The first-order chi connectivity index (χ1) is 13.0. The molecule has 0 spiro atoms. The smallest absolute Gasteiger partial charge is 0.282 e. The second-order valence-electron chi connectivity index (χ2n) is 6.25. The third kappa shape index (κ3) is 3.24. The zero-order chi connectivity index (χ0) is 19.0. The number of halogens is 1. The predicted octanol–water partition coefficient (Wildman–Crippen LogP) is 2.05. The minimum absolute atomic E-state index is 0.168. The molecule has 0 aliphatic carbocycles. The van der Waals surface area contributed by atoms with Crippen molar-refractivity contribution in [3.05, 3.63) is 69.2 Å². The van der Waals surface area contributed by atoms with E-state index in [0.717, 1.165) is 17.1 Å². The quantitative estimate of drug-likeness (QED) is 0.550. The Hall–Kier alpha value is -2.97. The normalized spacial score (nSPS) is 11.4. The van der Waals surface area contributed by atoms with Crippen molar-refractivity contribution in [3.63, 3.8) is 0 Å². The van der Waals surface area contributed by atoms with Crippen LogP contribution in [0.5, 0.6) is 0 Å². The molecule has 27 heavy (non-hydrogen) atoms. The molecular formula is C18H18ClN7O. The Bertz CT molecular complexity index is 1110. The average Bonchev–Trinajstić information content (AvgIpc) is 3.21. The van der Waals surface area contributed by atoms with Gasteiger partial charge in [0.05, 0.1) is 17.8 Å². The highest BCUT2D eigenvalue weighted by Gasteiger charge is 2.21. The lowest BCUT2D eigenvalue weighted by atomic mass is 10.1. The molecule has 138 valence electrons. The van der Waals surface area contributed by atoms with Crippen molar-refractivity contribution in [2.24, 2.45) is 7.05 Å². The maximum Gasteiger partial charge on any atom is 0.282 e. The van der Waals surface area contributed by atoms with Gasteiger partial charge in [0, 0.05) is 36.1 Å². The third-order valence-electron chi connectivity index (χ3n) is 4.51. The summed E-state index contributed by atoms with van der Waals surface area (Å²) in [5.74, 6) is 0.833. The van der Waals surface area contributed by atoms with Gasteiger partial charge in [0.1, 0.15) is 17.8 Å². The number of fused-ring (bicyclic) bond motifs is 1. The summed E-state index contributed by atoms with van der Waals surface area (Å²) < 4.78 is 3.12. The zero-order valence-electron chi connectivity index (χ0n) is 14.9. The van der Waals surface area contributed by atoms with Crippen LogP contribution in [0.1, 0.15) is 17.1 Å². The molecule has 1 aromatic carbocycles. The summed E-state index contributed by atoms with van der Waals surface area (Å²) in [6, 6.07) is 7.03. The highest BCUT2D eigenvalue weighted by molar-refractivity contribution is 6.30. The Morgan fingerprint density at radius 2 is 2.00 bits per heavy atom. The van der Waals surface area contributed by atoms with E-state index in [1.165, 1.54) is 11.0 Å². The van der Waals surface area contributed by atoms with Gasteiger partial charge in [-0.2, -0.15) is 14.9 Å². The van der Waals surface area contributed by atoms with E-state index in [2.05, 4.69) is 25.5 Å². The summed E-state index contributed by atoms with van der Waals surface area (Å²) in [4.78, 5) is 20.2. The first-order valence-corrected chi connectivity index (χ1v) is 8.82. The number of aromatic amines is 1. The van der Waals surface area contributed by atoms with Crippen LogP contribution in [0.4, 0.5) is 0 Å². The summed E-state index contributed by atoms with van der Waals surface area (Å²) in [5.41, 5.74) is 3.63. The molecule has 0 saturated heterocycles. The number of hydrogen-bond acceptors (Lipinski definition) is 5. The topological polar surface area (TPSA) is 93.4 Å². The van der Waals surface area contributed by atoms with Crippen molar-refractivity contribution in [1.29, 1.82) is 0 Å². The second kappa shape index (κ2) is 6.98. The molecule has 2 aliphatic heterocycles. The predicted molar refractivity (Wildman–Crippen MR) is 102 cm³/mol. The van der Waals surface area contributed by atoms with Crippen molar-refractivity contribution in [1.82, 2.24) is 34.8 Å². The fourth-order valence-electron chi connectivity index (χ4n) is 2.97. The first kappa shape index (κ1) is 17.4. The van der Waals surface area contributed by atoms with Crippen LogP contribution < -0.4 is 10.9 Å². The largest absolute Gasteiger partial charge is 0.364 e. The second-order valence-corrected chi connectivity index (χ2v) is 6.69. The van der Waals surface area contributed by atoms with Crippen LogP contribution in [0.2, 0.25) is 5.02 Å². The summed E-state index contributed by atoms with van der Waals surface area (Å²) in [5, 5.41) is 12.6. The van der Waals surface area contributed by atoms with Crippen LogP contribution in [0.3, 0.4) is 0 Å². The minimum Gasteiger partial charge on any atom is -0.364 e. The number of aryl methyl sites for hydroxylation is 2. The molecule has 0 atom stereocenters. The highest BCUT2D eigenvalue weighted by Crippen LogP contribution is 2.23. The minimum atomic E-state index is -0.168. The van der Waals surface area contributed by atoms with Gasteiger partial charge in [-0.15, -0.1) is 0 Å². The van der Waals surface area contributed by atoms with E-state index in [1.807, 2.05) is 14.0 Å². The van der Waals surface area contributed by atoms with Crippen molar-refractivity contribution < 1.29 is 0 Å². The van der Waals surface area contributed by atoms with Gasteiger partial charge in [0.2, 0.25) is 0 Å². The lowest BCUT2D eigenvalue weighted by Crippen LogP contribution is -2.18. The molecule has 0 saturated carbocycles. The van der Waals surface area contributed by atoms with Crippen molar-refractivity contribution in [2.75, 3.05) is 0 Å². The summed E-state index contributed by atoms with van der Waals surface area (Å²) in [7, 11) is 1.85. The third-order valence-corrected chi connectivity index (χ3v) is 4.76. The monoisotopic (exact) mass is 383 g/mol. The number of H-pyrrole nitrogens is 1. The van der Waals surface area contributed by atoms with Gasteiger partial charge in [-0.25, -0.2) is 4.98 Å². The van der Waals surface area contributed by atoms with Gasteiger partial charge in [0.25, 0.3) is 5.56 Å². The van der Waals surface area contributed by atoms with Crippen molar-refractivity contribution >= 4 is 11.6 Å². The summed E-state index contributed by atoms with van der Waals surface area (Å²) in [6.07, 6.45) is 3.23. The average molecular weight is 384 g/mol. The molecule has 0 bridgehead atoms. The maximum atomic E-state index is 12.8. The van der Waals surface area contributed by atoms with Crippen LogP contribution in [-0.4, -0.2) is 29.5 Å². The molecule has 8 nitrogen and oxygen atoms in total. The van der Waals surface area contributed by atoms with E-state index in [0.29, 0.717) is 35.1 Å². The van der Waals surface area contributed by atoms with Crippen LogP contribution in [0, 0.1) is 6.92 Å². The van der Waals surface area contributed by atoms with Crippen LogP contribution in [0.25, 0.3) is 16.9 Å². The van der Waals surface area contributed by atoms with Crippen molar-refractivity contribution in [2.45, 2.75) is 20.0 Å². The van der Waals surface area contributed by atoms with E-state index in [-0.39, 0.29) is 5.56 Å². The Labute approximate surface area is 160 Å². The Kier molecular flexibility index (Phi) is 4.51. The van der Waals surface area contributed by atoms with Gasteiger partial charge in [-0.05, 0) is 31.2 Å². The van der Waals surface area contributed by atoms with E-state index in [1.54, 1.807) is 35.1 Å². The van der Waals surface area contributed by atoms with Gasteiger partial charge in [0.15, 0.2) is 0 Å². The van der Waals surface area contributed by atoms with E-state index in [9.17, 15) is 4.79 Å². The number of pyridine rings is 1. The van der Waals surface area contributed by atoms with Crippen LogP contribution in [0.15, 0.2) is 41.6 Å². The zero-order valence-corrected chi connectivity index (χ0v) is 15.7. The molecule has 9 heteroatoms. The fourth-order valence-corrected chi connectivity index (χ4v) is 3.09. The maximum absolute atomic E-state index is 12.8. The molecule has 2 aromatic rings. The summed E-state index contributed by atoms with van der Waals surface area (Å²) >= 11 is 5.94. The number of hydrogen-bond donors (Lipinski definition) is 2. The number of nitrogens with zero attached hydrogens (tertiary/aromatic N) is 5. The molecule has 0 fully saturated rings. The molecule has 2 N–H and O–H groups in total. The molecule has 0 unspecified atom stereocenters. The lowest BCUT2D eigenvalue weighted by Gasteiger charge is -2.10. The Morgan fingerprint density at radius 3 is 2.70 bits per heavy atom. The molecule has 0 radical (unpaired) electrons. The number of nitrogens with one attached hydrogen (secondary N) is 2. The highest BCUT2D eigenvalue weighted by atomic mass is 35.5. The Balaban J connectivity index is 1.67. The van der Waals surface area contributed by atoms with Gasteiger partial charge >= 0.3 is 0 Å². The lowest BCUT2D eigenvalue weighted by molar-refractivity contribution is 0.611. The number of rotatable bonds is 5. The standard InChI is InChI=1S/C18H18ClN7O/c1-11-14(7-20-9-16-22-10-23-25(16)2)17-15(8-21-11)18(27)26(24-17)13-5-3-12(19)4-6-13/h3-6,8,10,20-21H,7,9H2,1-2H3. The van der Waals surface area contributed by atoms with E-state index in [4.69, 9.17) is 11.6 Å². The van der Waals surface area contributed by atoms with Gasteiger partial charge in [-0.3, -0.25) is 9.48 Å². The molecule has 0 amide bonds. The van der Waals surface area contributed by atoms with E-state index < -0.39 is 0 Å². The van der Waals surface area contributed by atoms with Gasteiger partial charge < -0.3 is 10.3 Å². The molecule has 1 aromatic heterocycles. The molecule has 4 rings (SSSR count).